The predicted molar refractivity (Wildman–Crippen MR) is 196 cm³/mol. The Morgan fingerprint density at radius 1 is 0.795 bits per heavy atom. The van der Waals surface area contributed by atoms with Gasteiger partial charge in [0.15, 0.2) is 18.9 Å². The van der Waals surface area contributed by atoms with Crippen LogP contribution in [0, 0.1) is 13.8 Å². The quantitative estimate of drug-likeness (QED) is 0.0433. The molecular formula is C38H41N4S2+. The highest BCUT2D eigenvalue weighted by Crippen LogP contribution is 2.27. The molecule has 0 N–H and O–H groups in total. The van der Waals surface area contributed by atoms with E-state index in [-0.39, 0.29) is 0 Å². The molecule has 0 atom stereocenters. The molecule has 0 saturated heterocycles. The van der Waals surface area contributed by atoms with E-state index in [0.29, 0.717) is 0 Å². The minimum absolute atomic E-state index is 0.801. The molecule has 5 aromatic rings. The van der Waals surface area contributed by atoms with Crippen molar-refractivity contribution < 1.29 is 4.57 Å². The van der Waals surface area contributed by atoms with Gasteiger partial charge in [0.1, 0.15) is 0 Å². The number of pyridine rings is 1. The second kappa shape index (κ2) is 15.1. The van der Waals surface area contributed by atoms with Crippen LogP contribution in [0.3, 0.4) is 0 Å². The number of aliphatic imine (C=N–C) groups is 1. The van der Waals surface area contributed by atoms with Crippen molar-refractivity contribution in [1.82, 2.24) is 9.13 Å². The molecule has 5 rings (SSSR count). The van der Waals surface area contributed by atoms with Gasteiger partial charge in [0.05, 0.1) is 5.75 Å². The normalized spacial score (nSPS) is 12.6. The van der Waals surface area contributed by atoms with Crippen LogP contribution < -0.4 is 4.57 Å². The number of rotatable bonds is 13. The van der Waals surface area contributed by atoms with E-state index < -0.39 is 0 Å². The standard InChI is InChI=1S/C38H41N4S2/c1-6-31(15-17-33-29(2)40(4)37-13-9-7-11-35(33)37)19-22-39-23-27-43-44-28-26-42-24-20-32(21-25-42)16-18-34-30(3)41(5)38-14-10-8-12-36(34)38/h6-22,24-25H,1,23,26-28H2,2-5H3/q+1/b17-15+,31-19+,39-22+. The molecule has 0 saturated carbocycles. The molecule has 0 aliphatic heterocycles. The van der Waals surface area contributed by atoms with Crippen LogP contribution in [-0.4, -0.2) is 33.4 Å². The number of aromatic nitrogens is 3. The number of fused-ring (bicyclic) bond motifs is 2. The van der Waals surface area contributed by atoms with Crippen molar-refractivity contribution in [2.24, 2.45) is 19.1 Å². The Morgan fingerprint density at radius 2 is 1.39 bits per heavy atom. The molecule has 0 spiro atoms. The van der Waals surface area contributed by atoms with Gasteiger partial charge in [-0.1, -0.05) is 94.9 Å². The molecule has 0 aliphatic rings. The lowest BCUT2D eigenvalue weighted by atomic mass is 10.1. The predicted octanol–water partition coefficient (Wildman–Crippen LogP) is 9.02. The Morgan fingerprint density at radius 3 is 2.02 bits per heavy atom. The highest BCUT2D eigenvalue weighted by Gasteiger charge is 2.10. The molecule has 0 bridgehead atoms. The average molecular weight is 618 g/mol. The minimum Gasteiger partial charge on any atom is -0.347 e. The SMILES string of the molecule is C=CC(/C=C/c1c(C)n(C)c2ccccc12)=C\C=N\CCSSCC[n+]1ccc(/C=C/c2c(C)n(C)c3ccccc23)cc1. The second-order valence-electron chi connectivity index (χ2n) is 10.8. The molecule has 0 amide bonds. The van der Waals surface area contributed by atoms with E-state index in [1.165, 1.54) is 49.9 Å². The van der Waals surface area contributed by atoms with E-state index in [0.717, 1.165) is 30.2 Å². The Kier molecular flexibility index (Phi) is 10.8. The maximum absolute atomic E-state index is 4.58. The van der Waals surface area contributed by atoms with E-state index in [9.17, 15) is 0 Å². The van der Waals surface area contributed by atoms with Crippen molar-refractivity contribution in [2.75, 3.05) is 18.1 Å². The fourth-order valence-electron chi connectivity index (χ4n) is 5.36. The molecule has 4 nitrogen and oxygen atoms in total. The van der Waals surface area contributed by atoms with Gasteiger partial charge in [-0.3, -0.25) is 4.99 Å². The summed E-state index contributed by atoms with van der Waals surface area (Å²) in [5, 5.41) is 2.57. The summed E-state index contributed by atoms with van der Waals surface area (Å²) in [6, 6.07) is 21.5. The lowest BCUT2D eigenvalue weighted by molar-refractivity contribution is -0.692. The average Bonchev–Trinajstić information content (AvgIpc) is 3.45. The number of hydrogen-bond acceptors (Lipinski definition) is 3. The summed E-state index contributed by atoms with van der Waals surface area (Å²) in [5.74, 6) is 2.05. The molecule has 0 aliphatic carbocycles. The fraction of sp³-hybridized carbons (Fsp3) is 0.211. The second-order valence-corrected chi connectivity index (χ2v) is 13.5. The number of nitrogens with zero attached hydrogens (tertiary/aromatic N) is 4. The van der Waals surface area contributed by atoms with Crippen molar-refractivity contribution in [3.05, 3.63) is 132 Å². The van der Waals surface area contributed by atoms with E-state index in [2.05, 4.69) is 151 Å². The Bertz CT molecular complexity index is 1870. The first-order valence-electron chi connectivity index (χ1n) is 15.0. The number of allylic oxidation sites excluding steroid dienone is 4. The summed E-state index contributed by atoms with van der Waals surface area (Å²) < 4.78 is 6.76. The first kappa shape index (κ1) is 31.4. The Hall–Kier alpha value is -4.00. The largest absolute Gasteiger partial charge is 0.347 e. The summed E-state index contributed by atoms with van der Waals surface area (Å²) in [7, 11) is 8.04. The lowest BCUT2D eigenvalue weighted by Gasteiger charge is -1.99. The summed E-state index contributed by atoms with van der Waals surface area (Å²) in [6.45, 7) is 10.1. The lowest BCUT2D eigenvalue weighted by Crippen LogP contribution is -2.33. The van der Waals surface area contributed by atoms with E-state index in [1.54, 1.807) is 0 Å². The Balaban J connectivity index is 1.03. The van der Waals surface area contributed by atoms with Gasteiger partial charge < -0.3 is 9.13 Å². The zero-order valence-electron chi connectivity index (χ0n) is 26.1. The highest BCUT2D eigenvalue weighted by molar-refractivity contribution is 8.76. The van der Waals surface area contributed by atoms with Gasteiger partial charge in [-0.15, -0.1) is 0 Å². The van der Waals surface area contributed by atoms with Gasteiger partial charge in [-0.25, -0.2) is 4.57 Å². The number of aryl methyl sites for hydroxylation is 3. The molecular weight excluding hydrogens is 577 g/mol. The summed E-state index contributed by atoms with van der Waals surface area (Å²) in [6.07, 6.45) is 18.9. The number of benzene rings is 2. The van der Waals surface area contributed by atoms with Crippen molar-refractivity contribution in [3.8, 4) is 0 Å². The van der Waals surface area contributed by atoms with Crippen LogP contribution in [0.25, 0.3) is 40.0 Å². The molecule has 44 heavy (non-hydrogen) atoms. The van der Waals surface area contributed by atoms with Crippen LogP contribution in [0.2, 0.25) is 0 Å². The molecule has 3 heterocycles. The fourth-order valence-corrected chi connectivity index (χ4v) is 7.22. The van der Waals surface area contributed by atoms with Gasteiger partial charge in [0, 0.05) is 89.1 Å². The topological polar surface area (TPSA) is 26.1 Å². The van der Waals surface area contributed by atoms with E-state index in [4.69, 9.17) is 0 Å². The molecule has 0 unspecified atom stereocenters. The zero-order chi connectivity index (χ0) is 30.9. The van der Waals surface area contributed by atoms with Crippen molar-refractivity contribution >= 4 is 67.8 Å². The van der Waals surface area contributed by atoms with Crippen molar-refractivity contribution in [3.63, 3.8) is 0 Å². The zero-order valence-corrected chi connectivity index (χ0v) is 27.7. The molecule has 3 aromatic heterocycles. The van der Waals surface area contributed by atoms with E-state index >= 15 is 0 Å². The third-order valence-corrected chi connectivity index (χ3v) is 10.5. The summed E-state index contributed by atoms with van der Waals surface area (Å²) in [4.78, 5) is 4.58. The Labute approximate surface area is 269 Å². The maximum atomic E-state index is 4.58. The third kappa shape index (κ3) is 7.37. The van der Waals surface area contributed by atoms with Crippen LogP contribution in [-0.2, 0) is 20.6 Å². The molecule has 6 heteroatoms. The molecule has 2 aromatic carbocycles. The van der Waals surface area contributed by atoms with Crippen LogP contribution in [0.1, 0.15) is 28.1 Å². The van der Waals surface area contributed by atoms with E-state index in [1.807, 2.05) is 40.0 Å². The monoisotopic (exact) mass is 617 g/mol. The summed E-state index contributed by atoms with van der Waals surface area (Å²) >= 11 is 0. The van der Waals surface area contributed by atoms with Crippen LogP contribution in [0.5, 0.6) is 0 Å². The van der Waals surface area contributed by atoms with Crippen LogP contribution in [0.4, 0.5) is 0 Å². The van der Waals surface area contributed by atoms with Crippen LogP contribution >= 0.6 is 21.6 Å². The number of para-hydroxylation sites is 2. The van der Waals surface area contributed by atoms with Gasteiger partial charge >= 0.3 is 0 Å². The summed E-state index contributed by atoms with van der Waals surface area (Å²) in [5.41, 5.74) is 9.85. The molecule has 0 fully saturated rings. The molecule has 0 radical (unpaired) electrons. The highest BCUT2D eigenvalue weighted by atomic mass is 33.1. The maximum Gasteiger partial charge on any atom is 0.169 e. The third-order valence-electron chi connectivity index (χ3n) is 8.13. The van der Waals surface area contributed by atoms with Crippen molar-refractivity contribution in [2.45, 2.75) is 20.4 Å². The minimum atomic E-state index is 0.801. The van der Waals surface area contributed by atoms with Gasteiger partial charge in [0.25, 0.3) is 0 Å². The first-order chi connectivity index (χ1) is 21.5. The van der Waals surface area contributed by atoms with Crippen LogP contribution in [0.15, 0.2) is 108 Å². The van der Waals surface area contributed by atoms with Crippen molar-refractivity contribution in [1.29, 1.82) is 0 Å². The van der Waals surface area contributed by atoms with Gasteiger partial charge in [-0.2, -0.15) is 0 Å². The van der Waals surface area contributed by atoms with Gasteiger partial charge in [-0.05, 0) is 43.2 Å². The first-order valence-corrected chi connectivity index (χ1v) is 17.5. The smallest absolute Gasteiger partial charge is 0.169 e. The number of hydrogen-bond donors (Lipinski definition) is 0. The molecule has 224 valence electrons. The van der Waals surface area contributed by atoms with Gasteiger partial charge in [0.2, 0.25) is 0 Å².